The van der Waals surface area contributed by atoms with Crippen molar-refractivity contribution in [1.29, 1.82) is 0 Å². The van der Waals surface area contributed by atoms with Gasteiger partial charge in [0.15, 0.2) is 0 Å². The average molecular weight is 467 g/mol. The van der Waals surface area contributed by atoms with E-state index in [1.54, 1.807) is 29.6 Å². The molecule has 3 aromatic rings. The van der Waals surface area contributed by atoms with Crippen LogP contribution in [0.2, 0.25) is 5.02 Å². The van der Waals surface area contributed by atoms with Gasteiger partial charge in [0, 0.05) is 17.1 Å². The van der Waals surface area contributed by atoms with E-state index in [-0.39, 0.29) is 23.8 Å². The summed E-state index contributed by atoms with van der Waals surface area (Å²) in [6, 6.07) is 13.5. The van der Waals surface area contributed by atoms with Gasteiger partial charge in [-0.3, -0.25) is 9.59 Å². The maximum atomic E-state index is 13.1. The minimum atomic E-state index is -0.615. The zero-order valence-corrected chi connectivity index (χ0v) is 18.8. The summed E-state index contributed by atoms with van der Waals surface area (Å²) in [6.07, 6.45) is 4.72. The summed E-state index contributed by atoms with van der Waals surface area (Å²) in [4.78, 5) is 39.8. The fraction of sp³-hybridized carbons (Fsp3) is 0.240. The van der Waals surface area contributed by atoms with Crippen LogP contribution in [0.15, 0.2) is 65.5 Å². The Bertz CT molecular complexity index is 1180. The number of hydrogen-bond donors (Lipinski definition) is 1. The van der Waals surface area contributed by atoms with Crippen LogP contribution >= 0.6 is 11.6 Å². The van der Waals surface area contributed by atoms with Gasteiger partial charge in [-0.05, 0) is 48.2 Å². The summed E-state index contributed by atoms with van der Waals surface area (Å²) in [6.45, 7) is 0.503. The summed E-state index contributed by atoms with van der Waals surface area (Å²) in [5.41, 5.74) is 3.21. The van der Waals surface area contributed by atoms with Crippen molar-refractivity contribution in [3.63, 3.8) is 0 Å². The van der Waals surface area contributed by atoms with E-state index in [0.29, 0.717) is 23.7 Å². The number of amides is 2. The Kier molecular flexibility index (Phi) is 6.79. The fourth-order valence-electron chi connectivity index (χ4n) is 4.02. The van der Waals surface area contributed by atoms with Gasteiger partial charge >= 0.3 is 5.97 Å². The zero-order valence-electron chi connectivity index (χ0n) is 18.0. The smallest absolute Gasteiger partial charge is 0.340 e. The Morgan fingerprint density at radius 3 is 2.76 bits per heavy atom. The van der Waals surface area contributed by atoms with Crippen molar-refractivity contribution >= 4 is 35.1 Å². The molecule has 0 spiro atoms. The molecule has 2 heterocycles. The third-order valence-corrected chi connectivity index (χ3v) is 5.89. The first kappa shape index (κ1) is 22.6. The van der Waals surface area contributed by atoms with Gasteiger partial charge < -0.3 is 19.4 Å². The lowest BCUT2D eigenvalue weighted by Gasteiger charge is -2.24. The van der Waals surface area contributed by atoms with Gasteiger partial charge in [0.2, 0.25) is 11.8 Å². The maximum Gasteiger partial charge on any atom is 0.340 e. The number of halogens is 1. The van der Waals surface area contributed by atoms with Gasteiger partial charge in [0.1, 0.15) is 6.04 Å². The number of benzene rings is 2. The van der Waals surface area contributed by atoms with Crippen molar-refractivity contribution in [2.45, 2.75) is 25.3 Å². The van der Waals surface area contributed by atoms with Gasteiger partial charge in [-0.2, -0.15) is 0 Å². The molecule has 170 valence electrons. The Labute approximate surface area is 196 Å². The fourth-order valence-corrected chi connectivity index (χ4v) is 4.20. The van der Waals surface area contributed by atoms with Crippen molar-refractivity contribution < 1.29 is 23.5 Å². The molecule has 0 aliphatic carbocycles. The van der Waals surface area contributed by atoms with Crippen molar-refractivity contribution in [2.24, 2.45) is 0 Å². The number of anilines is 1. The first-order chi connectivity index (χ1) is 16.0. The second kappa shape index (κ2) is 9.92. The standard InChI is InChI=1S/C25H23ClN2O5/c1-32-25(31)20-14-19(26)7-8-21(20)27-24(30)22-6-3-10-28(22)23(29)13-16-4-2-5-17(12-16)18-9-11-33-15-18/h2,4-5,7-9,11-12,14-15,22H,3,6,10,13H2,1H3,(H,27,30)/t22-/m0/s1. The minimum Gasteiger partial charge on any atom is -0.472 e. The molecular formula is C25H23ClN2O5. The molecule has 33 heavy (non-hydrogen) atoms. The Hall–Kier alpha value is -3.58. The molecule has 0 saturated carbocycles. The largest absolute Gasteiger partial charge is 0.472 e. The lowest BCUT2D eigenvalue weighted by atomic mass is 10.0. The van der Waals surface area contributed by atoms with Crippen LogP contribution in [0, 0.1) is 0 Å². The molecule has 0 unspecified atom stereocenters. The van der Waals surface area contributed by atoms with Crippen LogP contribution in [0.5, 0.6) is 0 Å². The number of carbonyl (C=O) groups is 3. The van der Waals surface area contributed by atoms with Gasteiger partial charge in [0.25, 0.3) is 0 Å². The molecular weight excluding hydrogens is 444 g/mol. The summed E-state index contributed by atoms with van der Waals surface area (Å²) >= 11 is 5.99. The number of furan rings is 1. The maximum absolute atomic E-state index is 13.1. The van der Waals surface area contributed by atoms with E-state index in [9.17, 15) is 14.4 Å². The predicted octanol–water partition coefficient (Wildman–Crippen LogP) is 4.56. The molecule has 1 fully saturated rings. The van der Waals surface area contributed by atoms with Crippen molar-refractivity contribution in [3.8, 4) is 11.1 Å². The second-order valence-corrected chi connectivity index (χ2v) is 8.24. The van der Waals surface area contributed by atoms with Crippen LogP contribution in [-0.2, 0) is 20.7 Å². The highest BCUT2D eigenvalue weighted by Gasteiger charge is 2.34. The number of nitrogens with one attached hydrogen (secondary N) is 1. The highest BCUT2D eigenvalue weighted by Crippen LogP contribution is 2.26. The van der Waals surface area contributed by atoms with Crippen LogP contribution in [-0.4, -0.2) is 42.4 Å². The van der Waals surface area contributed by atoms with E-state index in [4.69, 9.17) is 20.8 Å². The summed E-state index contributed by atoms with van der Waals surface area (Å²) in [7, 11) is 1.26. The molecule has 1 aliphatic heterocycles. The van der Waals surface area contributed by atoms with Gasteiger partial charge in [-0.25, -0.2) is 4.79 Å². The summed E-state index contributed by atoms with van der Waals surface area (Å²) in [5.74, 6) is -1.08. The predicted molar refractivity (Wildman–Crippen MR) is 124 cm³/mol. The normalized spacial score (nSPS) is 15.3. The quantitative estimate of drug-likeness (QED) is 0.538. The third-order valence-electron chi connectivity index (χ3n) is 5.66. The first-order valence-electron chi connectivity index (χ1n) is 10.6. The first-order valence-corrected chi connectivity index (χ1v) is 10.9. The number of esters is 1. The number of ether oxygens (including phenoxy) is 1. The zero-order chi connectivity index (χ0) is 23.4. The average Bonchev–Trinajstić information content (AvgIpc) is 3.52. The van der Waals surface area contributed by atoms with Crippen LogP contribution in [0.3, 0.4) is 0 Å². The lowest BCUT2D eigenvalue weighted by molar-refractivity contribution is -0.136. The molecule has 7 nitrogen and oxygen atoms in total. The van der Waals surface area contributed by atoms with E-state index in [1.807, 2.05) is 30.3 Å². The number of hydrogen-bond acceptors (Lipinski definition) is 5. The molecule has 1 saturated heterocycles. The SMILES string of the molecule is COC(=O)c1cc(Cl)ccc1NC(=O)[C@@H]1CCCN1C(=O)Cc1cccc(-c2ccoc2)c1. The number of methoxy groups -OCH3 is 1. The van der Waals surface area contributed by atoms with Crippen LogP contribution in [0.25, 0.3) is 11.1 Å². The highest BCUT2D eigenvalue weighted by molar-refractivity contribution is 6.31. The Balaban J connectivity index is 1.47. The Morgan fingerprint density at radius 2 is 2.00 bits per heavy atom. The third kappa shape index (κ3) is 5.09. The molecule has 4 rings (SSSR count). The molecule has 1 aliphatic rings. The van der Waals surface area contributed by atoms with Gasteiger partial charge in [0.05, 0.1) is 37.3 Å². The second-order valence-electron chi connectivity index (χ2n) is 7.81. The van der Waals surface area contributed by atoms with Crippen LogP contribution < -0.4 is 5.32 Å². The minimum absolute atomic E-state index is 0.124. The van der Waals surface area contributed by atoms with E-state index < -0.39 is 12.0 Å². The molecule has 0 bridgehead atoms. The molecule has 2 amide bonds. The molecule has 1 aromatic heterocycles. The van der Waals surface area contributed by atoms with Crippen molar-refractivity contribution in [3.05, 3.63) is 77.2 Å². The van der Waals surface area contributed by atoms with E-state index in [0.717, 1.165) is 23.1 Å². The summed E-state index contributed by atoms with van der Waals surface area (Å²) < 4.78 is 9.92. The van der Waals surface area contributed by atoms with Crippen LogP contribution in [0.4, 0.5) is 5.69 Å². The van der Waals surface area contributed by atoms with Crippen LogP contribution in [0.1, 0.15) is 28.8 Å². The molecule has 0 radical (unpaired) electrons. The molecule has 2 aromatic carbocycles. The van der Waals surface area contributed by atoms with E-state index in [1.165, 1.54) is 13.2 Å². The number of carbonyl (C=O) groups excluding carboxylic acids is 3. The van der Waals surface area contributed by atoms with E-state index in [2.05, 4.69) is 5.32 Å². The number of rotatable bonds is 6. The van der Waals surface area contributed by atoms with Crippen molar-refractivity contribution in [1.82, 2.24) is 4.90 Å². The molecule has 8 heteroatoms. The summed E-state index contributed by atoms with van der Waals surface area (Å²) in [5, 5.41) is 3.12. The van der Waals surface area contributed by atoms with Gasteiger partial charge in [-0.1, -0.05) is 35.9 Å². The topological polar surface area (TPSA) is 88.9 Å². The highest BCUT2D eigenvalue weighted by atomic mass is 35.5. The van der Waals surface area contributed by atoms with Gasteiger partial charge in [-0.15, -0.1) is 0 Å². The monoisotopic (exact) mass is 466 g/mol. The number of nitrogens with zero attached hydrogens (tertiary/aromatic N) is 1. The Morgan fingerprint density at radius 1 is 1.15 bits per heavy atom. The van der Waals surface area contributed by atoms with Crippen molar-refractivity contribution in [2.75, 3.05) is 19.0 Å². The number of likely N-dealkylation sites (tertiary alicyclic amines) is 1. The molecule has 1 N–H and O–H groups in total. The lowest BCUT2D eigenvalue weighted by Crippen LogP contribution is -2.44. The molecule has 1 atom stereocenters. The van der Waals surface area contributed by atoms with E-state index >= 15 is 0 Å².